The largest absolute Gasteiger partial charge is 0.573 e. The predicted molar refractivity (Wildman–Crippen MR) is 201 cm³/mol. The topological polar surface area (TPSA) is 157 Å². The normalized spacial score (nSPS) is 11.9. The summed E-state index contributed by atoms with van der Waals surface area (Å²) in [5, 5.41) is 30.6. The number of aromatic nitrogens is 6. The van der Waals surface area contributed by atoms with Crippen molar-refractivity contribution in [3.63, 3.8) is 0 Å². The summed E-state index contributed by atoms with van der Waals surface area (Å²) < 4.78 is 85.0. The number of anilines is 1. The molecule has 304 valence electrons. The maximum Gasteiger partial charge on any atom is 0.573 e. The number of fused-ring (bicyclic) bond motifs is 2. The Labute approximate surface area is 323 Å². The SMILES string of the molecule is C.CC(C)(O)CCN.CC(C)(O)CCNc1ccc2ncc(-c3cccc(OC(F)(F)F)c3)n2n1.FC(F)(F)Oc1cccc(-c2cnc3ccc(Cl)nn23)c1. The van der Waals surface area contributed by atoms with E-state index in [4.69, 9.17) is 22.4 Å². The van der Waals surface area contributed by atoms with Crippen molar-refractivity contribution >= 4 is 28.7 Å². The summed E-state index contributed by atoms with van der Waals surface area (Å²) in [4.78, 5) is 8.35. The molecule has 4 heterocycles. The number of hydrogen-bond donors (Lipinski definition) is 4. The van der Waals surface area contributed by atoms with Crippen LogP contribution in [0.5, 0.6) is 11.5 Å². The number of halogens is 7. The van der Waals surface area contributed by atoms with E-state index < -0.39 is 23.9 Å². The summed E-state index contributed by atoms with van der Waals surface area (Å²) in [6.07, 6.45) is -5.25. The predicted octanol–water partition coefficient (Wildman–Crippen LogP) is 8.56. The fourth-order valence-electron chi connectivity index (χ4n) is 4.77. The Morgan fingerprint density at radius 2 is 1.16 bits per heavy atom. The molecule has 0 fully saturated rings. The number of nitrogens with one attached hydrogen (secondary N) is 1. The van der Waals surface area contributed by atoms with Crippen LogP contribution in [0.4, 0.5) is 32.2 Å². The highest BCUT2D eigenvalue weighted by Gasteiger charge is 2.32. The van der Waals surface area contributed by atoms with Gasteiger partial charge in [-0.1, -0.05) is 43.3 Å². The number of nitrogens with two attached hydrogens (primary N) is 1. The van der Waals surface area contributed by atoms with E-state index in [1.807, 2.05) is 0 Å². The lowest BCUT2D eigenvalue weighted by atomic mass is 10.1. The lowest BCUT2D eigenvalue weighted by molar-refractivity contribution is -0.275. The van der Waals surface area contributed by atoms with Crippen molar-refractivity contribution < 1.29 is 46.0 Å². The van der Waals surface area contributed by atoms with Gasteiger partial charge in [-0.3, -0.25) is 0 Å². The molecule has 4 aromatic heterocycles. The molecule has 0 spiro atoms. The van der Waals surface area contributed by atoms with Gasteiger partial charge in [0.05, 0.1) is 35.0 Å². The molecule has 0 unspecified atom stereocenters. The second-order valence-corrected chi connectivity index (χ2v) is 13.6. The Morgan fingerprint density at radius 1 is 0.696 bits per heavy atom. The van der Waals surface area contributed by atoms with Crippen molar-refractivity contribution in [2.45, 2.75) is 71.9 Å². The van der Waals surface area contributed by atoms with Crippen molar-refractivity contribution in [2.24, 2.45) is 5.73 Å². The second kappa shape index (κ2) is 18.6. The maximum absolute atomic E-state index is 12.4. The molecule has 0 saturated heterocycles. The first kappa shape index (κ1) is 45.2. The highest BCUT2D eigenvalue weighted by atomic mass is 35.5. The quantitative estimate of drug-likeness (QED) is 0.0989. The zero-order valence-corrected chi connectivity index (χ0v) is 30.8. The molecular formula is C37H43ClF6N8O4. The molecule has 5 N–H and O–H groups in total. The molecular weight excluding hydrogens is 770 g/mol. The van der Waals surface area contributed by atoms with Gasteiger partial charge in [0.2, 0.25) is 0 Å². The minimum Gasteiger partial charge on any atom is -0.406 e. The molecule has 6 aromatic rings. The molecule has 0 saturated carbocycles. The average molecular weight is 813 g/mol. The van der Waals surface area contributed by atoms with E-state index in [-0.39, 0.29) is 24.1 Å². The summed E-state index contributed by atoms with van der Waals surface area (Å²) in [6, 6.07) is 18.0. The molecule has 2 aromatic carbocycles. The lowest BCUT2D eigenvalue weighted by Crippen LogP contribution is -2.23. The van der Waals surface area contributed by atoms with Gasteiger partial charge in [0.15, 0.2) is 11.3 Å². The van der Waals surface area contributed by atoms with E-state index in [0.717, 1.165) is 0 Å². The van der Waals surface area contributed by atoms with Gasteiger partial charge >= 0.3 is 12.7 Å². The number of aliphatic hydroxyl groups is 2. The van der Waals surface area contributed by atoms with Crippen LogP contribution < -0.4 is 20.5 Å². The minimum atomic E-state index is -4.76. The molecule has 0 radical (unpaired) electrons. The molecule has 0 atom stereocenters. The molecule has 0 aliphatic rings. The van der Waals surface area contributed by atoms with Crippen LogP contribution in [0.2, 0.25) is 5.15 Å². The van der Waals surface area contributed by atoms with E-state index in [1.165, 1.54) is 53.3 Å². The molecule has 6 rings (SSSR count). The van der Waals surface area contributed by atoms with Crippen LogP contribution in [0, 0.1) is 0 Å². The standard InChI is InChI=1S/C18H19F3N4O2.C13H7ClF3N3O.C5H13NO.CH4/c1-17(2,26)8-9-22-15-6-7-16-23-11-14(25(16)24-15)12-4-3-5-13(10-12)27-18(19,20)21;14-11-4-5-12-18-7-10(20(12)19-11)8-2-1-3-9(6-8)21-13(15,16)17;1-5(2,7)3-4-6;/h3-7,10-11,26H,8-9H2,1-2H3,(H,22,24);1-7H;7H,3-4,6H2,1-2H3;1H4. The first-order valence-corrected chi connectivity index (χ1v) is 16.9. The Kier molecular flexibility index (Phi) is 15.1. The first-order valence-electron chi connectivity index (χ1n) is 16.6. The van der Waals surface area contributed by atoms with Gasteiger partial charge in [-0.15, -0.1) is 31.4 Å². The number of imidazole rings is 2. The van der Waals surface area contributed by atoms with E-state index in [1.54, 1.807) is 68.6 Å². The van der Waals surface area contributed by atoms with E-state index in [2.05, 4.69) is 35.0 Å². The average Bonchev–Trinajstić information content (AvgIpc) is 3.67. The monoisotopic (exact) mass is 812 g/mol. The maximum atomic E-state index is 12.4. The summed E-state index contributed by atoms with van der Waals surface area (Å²) in [6.45, 7) is 8.01. The van der Waals surface area contributed by atoms with E-state index in [0.29, 0.717) is 65.6 Å². The number of alkyl halides is 6. The minimum absolute atomic E-state index is 0. The van der Waals surface area contributed by atoms with Crippen LogP contribution >= 0.6 is 11.6 Å². The molecule has 56 heavy (non-hydrogen) atoms. The smallest absolute Gasteiger partial charge is 0.406 e. The van der Waals surface area contributed by atoms with Crippen molar-refractivity contribution in [1.29, 1.82) is 0 Å². The highest BCUT2D eigenvalue weighted by Crippen LogP contribution is 2.30. The third kappa shape index (κ3) is 14.5. The van der Waals surface area contributed by atoms with Crippen molar-refractivity contribution in [3.05, 3.63) is 90.3 Å². The van der Waals surface area contributed by atoms with Gasteiger partial charge < -0.3 is 30.7 Å². The summed E-state index contributed by atoms with van der Waals surface area (Å²) in [5.41, 5.74) is 6.90. The summed E-state index contributed by atoms with van der Waals surface area (Å²) in [7, 11) is 0. The van der Waals surface area contributed by atoms with Crippen molar-refractivity contribution in [3.8, 4) is 34.0 Å². The van der Waals surface area contributed by atoms with Crippen molar-refractivity contribution in [2.75, 3.05) is 18.4 Å². The number of ether oxygens (including phenoxy) is 2. The van der Waals surface area contributed by atoms with Gasteiger partial charge in [-0.2, -0.15) is 5.10 Å². The zero-order valence-electron chi connectivity index (χ0n) is 30.0. The van der Waals surface area contributed by atoms with Crippen LogP contribution in [0.3, 0.4) is 0 Å². The van der Waals surface area contributed by atoms with Crippen LogP contribution in [0.15, 0.2) is 85.2 Å². The molecule has 0 bridgehead atoms. The molecule has 0 aliphatic carbocycles. The van der Waals surface area contributed by atoms with Gasteiger partial charge in [-0.25, -0.2) is 19.0 Å². The molecule has 19 heteroatoms. The molecule has 0 amide bonds. The Hall–Kier alpha value is -5.17. The van der Waals surface area contributed by atoms with Gasteiger partial charge in [0.25, 0.3) is 0 Å². The highest BCUT2D eigenvalue weighted by molar-refractivity contribution is 6.29. The number of benzene rings is 2. The Bertz CT molecular complexity index is 2160. The molecule has 12 nitrogen and oxygen atoms in total. The fourth-order valence-corrected chi connectivity index (χ4v) is 4.91. The number of hydrogen-bond acceptors (Lipinski definition) is 10. The lowest BCUT2D eigenvalue weighted by Gasteiger charge is -2.17. The van der Waals surface area contributed by atoms with Crippen LogP contribution in [-0.4, -0.2) is 76.4 Å². The third-order valence-corrected chi connectivity index (χ3v) is 7.42. The first-order chi connectivity index (χ1) is 25.6. The van der Waals surface area contributed by atoms with Crippen LogP contribution in [0.1, 0.15) is 48.0 Å². The third-order valence-electron chi connectivity index (χ3n) is 7.22. The van der Waals surface area contributed by atoms with Crippen LogP contribution in [-0.2, 0) is 0 Å². The van der Waals surface area contributed by atoms with Gasteiger partial charge in [0.1, 0.15) is 22.5 Å². The van der Waals surface area contributed by atoms with E-state index in [9.17, 15) is 31.4 Å². The Balaban J connectivity index is 0.000000258. The van der Waals surface area contributed by atoms with Crippen LogP contribution in [0.25, 0.3) is 33.8 Å². The van der Waals surface area contributed by atoms with Gasteiger partial charge in [-0.05, 0) is 95.6 Å². The second-order valence-electron chi connectivity index (χ2n) is 13.2. The summed E-state index contributed by atoms with van der Waals surface area (Å²) in [5.74, 6) is -0.0555. The van der Waals surface area contributed by atoms with Crippen molar-refractivity contribution in [1.82, 2.24) is 29.2 Å². The zero-order chi connectivity index (χ0) is 40.6. The molecule has 0 aliphatic heterocycles. The fraction of sp³-hybridized carbons (Fsp3) is 0.351. The summed E-state index contributed by atoms with van der Waals surface area (Å²) >= 11 is 5.82. The Morgan fingerprint density at radius 3 is 1.59 bits per heavy atom. The number of rotatable bonds is 10. The van der Waals surface area contributed by atoms with Gasteiger partial charge in [0, 0.05) is 17.7 Å². The van der Waals surface area contributed by atoms with E-state index >= 15 is 0 Å². The number of nitrogens with zero attached hydrogens (tertiary/aromatic N) is 6.